The van der Waals surface area contributed by atoms with E-state index in [4.69, 9.17) is 4.74 Å². The highest BCUT2D eigenvalue weighted by atomic mass is 28.3. The van der Waals surface area contributed by atoms with E-state index in [-0.39, 0.29) is 18.7 Å². The minimum Gasteiger partial charge on any atom is -0.443 e. The fraction of sp³-hybridized carbons (Fsp3) is 0.444. The summed E-state index contributed by atoms with van der Waals surface area (Å²) in [5, 5.41) is 0. The van der Waals surface area contributed by atoms with Crippen LogP contribution >= 0.6 is 0 Å². The van der Waals surface area contributed by atoms with E-state index in [1.54, 1.807) is 7.05 Å². The lowest BCUT2D eigenvalue weighted by Gasteiger charge is -2.21. The molecular weight excluding hydrogens is 320 g/mol. The molecule has 1 atom stereocenters. The van der Waals surface area contributed by atoms with Crippen molar-refractivity contribution in [3.63, 3.8) is 0 Å². The van der Waals surface area contributed by atoms with Crippen molar-refractivity contribution in [1.82, 2.24) is 9.80 Å². The average molecular weight is 344 g/mol. The lowest BCUT2D eigenvalue weighted by atomic mass is 10.2. The first-order valence-corrected chi connectivity index (χ1v) is 11.5. The van der Waals surface area contributed by atoms with Crippen molar-refractivity contribution < 1.29 is 14.3 Å². The van der Waals surface area contributed by atoms with Gasteiger partial charge in [0.1, 0.15) is 14.2 Å². The fourth-order valence-electron chi connectivity index (χ4n) is 2.35. The highest BCUT2D eigenvalue weighted by Crippen LogP contribution is 2.16. The second kappa shape index (κ2) is 7.54. The van der Waals surface area contributed by atoms with Crippen molar-refractivity contribution in [2.75, 3.05) is 13.6 Å². The summed E-state index contributed by atoms with van der Waals surface area (Å²) >= 11 is 0. The molecule has 0 N–H and O–H groups in total. The third-order valence-electron chi connectivity index (χ3n) is 3.49. The van der Waals surface area contributed by atoms with Crippen molar-refractivity contribution in [2.24, 2.45) is 0 Å². The molecule has 24 heavy (non-hydrogen) atoms. The number of carbonyl (C=O) groups excluding carboxylic acids is 2. The molecule has 1 unspecified atom stereocenters. The number of imide groups is 1. The molecule has 1 aromatic rings. The van der Waals surface area contributed by atoms with E-state index in [1.165, 1.54) is 4.90 Å². The Hall–Kier alpha value is -2.26. The van der Waals surface area contributed by atoms with Gasteiger partial charge in [-0.3, -0.25) is 0 Å². The standard InChI is InChI=1S/C18H24N2O3Si/c1-19(13-15-9-6-5-7-10-15)17(21)20-14-16(23-18(20)22)11-8-12-24(2,3)4/h5-7,9-10,16H,11,13-14H2,1-4H3. The number of carbonyl (C=O) groups is 2. The van der Waals surface area contributed by atoms with Crippen LogP contribution in [-0.2, 0) is 11.3 Å². The third-order valence-corrected chi connectivity index (χ3v) is 4.41. The number of amides is 3. The molecule has 0 bridgehead atoms. The second-order valence-corrected chi connectivity index (χ2v) is 11.7. The summed E-state index contributed by atoms with van der Waals surface area (Å²) in [5.41, 5.74) is 4.26. The number of nitrogens with zero attached hydrogens (tertiary/aromatic N) is 2. The van der Waals surface area contributed by atoms with E-state index in [2.05, 4.69) is 31.1 Å². The van der Waals surface area contributed by atoms with Crippen molar-refractivity contribution in [2.45, 2.75) is 38.7 Å². The Labute approximate surface area is 144 Å². The van der Waals surface area contributed by atoms with Gasteiger partial charge < -0.3 is 9.64 Å². The maximum Gasteiger partial charge on any atom is 0.418 e. The van der Waals surface area contributed by atoms with Crippen molar-refractivity contribution in [3.8, 4) is 11.5 Å². The fourth-order valence-corrected chi connectivity index (χ4v) is 2.98. The van der Waals surface area contributed by atoms with E-state index in [1.807, 2.05) is 30.3 Å². The van der Waals surface area contributed by atoms with Gasteiger partial charge in [0.25, 0.3) is 0 Å². The van der Waals surface area contributed by atoms with Gasteiger partial charge in [-0.2, -0.15) is 0 Å². The molecule has 1 aliphatic rings. The largest absolute Gasteiger partial charge is 0.443 e. The molecule has 0 radical (unpaired) electrons. The molecule has 1 saturated heterocycles. The first kappa shape index (κ1) is 18.1. The average Bonchev–Trinajstić information content (AvgIpc) is 2.87. The molecule has 0 saturated carbocycles. The molecule has 128 valence electrons. The quantitative estimate of drug-likeness (QED) is 0.624. The van der Waals surface area contributed by atoms with Crippen LogP contribution in [-0.4, -0.2) is 49.7 Å². The van der Waals surface area contributed by atoms with Crippen LogP contribution in [0.5, 0.6) is 0 Å². The highest BCUT2D eigenvalue weighted by Gasteiger charge is 2.36. The van der Waals surface area contributed by atoms with E-state index in [9.17, 15) is 9.59 Å². The van der Waals surface area contributed by atoms with Crippen LogP contribution in [0.3, 0.4) is 0 Å². The van der Waals surface area contributed by atoms with Crippen LogP contribution in [0.2, 0.25) is 19.6 Å². The van der Waals surface area contributed by atoms with Gasteiger partial charge in [-0.15, -0.1) is 11.5 Å². The maximum atomic E-state index is 12.5. The van der Waals surface area contributed by atoms with E-state index >= 15 is 0 Å². The lowest BCUT2D eigenvalue weighted by molar-refractivity contribution is 0.131. The van der Waals surface area contributed by atoms with Crippen LogP contribution in [0.15, 0.2) is 30.3 Å². The predicted molar refractivity (Wildman–Crippen MR) is 96.0 cm³/mol. The summed E-state index contributed by atoms with van der Waals surface area (Å²) in [5.74, 6) is 3.10. The number of cyclic esters (lactones) is 1. The summed E-state index contributed by atoms with van der Waals surface area (Å²) in [6.45, 7) is 7.19. The Morgan fingerprint density at radius 2 is 2.00 bits per heavy atom. The van der Waals surface area contributed by atoms with Crippen molar-refractivity contribution in [1.29, 1.82) is 0 Å². The predicted octanol–water partition coefficient (Wildman–Crippen LogP) is 3.33. The van der Waals surface area contributed by atoms with Crippen molar-refractivity contribution in [3.05, 3.63) is 35.9 Å². The molecular formula is C18H24N2O3Si. The molecule has 0 aromatic heterocycles. The summed E-state index contributed by atoms with van der Waals surface area (Å²) in [6.07, 6.45) is -0.447. The Morgan fingerprint density at radius 1 is 1.33 bits per heavy atom. The smallest absolute Gasteiger partial charge is 0.418 e. The Morgan fingerprint density at radius 3 is 2.62 bits per heavy atom. The van der Waals surface area contributed by atoms with Gasteiger partial charge in [0.15, 0.2) is 0 Å². The van der Waals surface area contributed by atoms with Gasteiger partial charge in [-0.05, 0) is 5.56 Å². The number of hydrogen-bond donors (Lipinski definition) is 0. The molecule has 1 aliphatic heterocycles. The van der Waals surface area contributed by atoms with Crippen LogP contribution in [0, 0.1) is 11.5 Å². The zero-order chi connectivity index (χ0) is 17.7. The van der Waals surface area contributed by atoms with Gasteiger partial charge in [0, 0.05) is 20.0 Å². The van der Waals surface area contributed by atoms with E-state index in [0.29, 0.717) is 13.0 Å². The molecule has 1 heterocycles. The lowest BCUT2D eigenvalue weighted by Crippen LogP contribution is -2.41. The minimum absolute atomic E-state index is 0.261. The Bertz CT molecular complexity index is 658. The SMILES string of the molecule is CN(Cc1ccccc1)C(=O)N1CC(CC#C[Si](C)(C)C)OC1=O. The van der Waals surface area contributed by atoms with Gasteiger partial charge in [-0.25, -0.2) is 14.5 Å². The number of rotatable bonds is 3. The summed E-state index contributed by atoms with van der Waals surface area (Å²) in [4.78, 5) is 27.1. The van der Waals surface area contributed by atoms with Gasteiger partial charge >= 0.3 is 12.1 Å². The third kappa shape index (κ3) is 5.13. The second-order valence-electron chi connectivity index (χ2n) is 7.00. The molecule has 1 fully saturated rings. The highest BCUT2D eigenvalue weighted by molar-refractivity contribution is 6.83. The zero-order valence-electron chi connectivity index (χ0n) is 14.7. The Kier molecular flexibility index (Phi) is 5.68. The first-order chi connectivity index (χ1) is 11.3. The van der Waals surface area contributed by atoms with Crippen LogP contribution in [0.4, 0.5) is 9.59 Å². The van der Waals surface area contributed by atoms with Crippen LogP contribution < -0.4 is 0 Å². The molecule has 3 amide bonds. The molecule has 1 aromatic carbocycles. The number of urea groups is 1. The van der Waals surface area contributed by atoms with Gasteiger partial charge in [0.2, 0.25) is 0 Å². The zero-order valence-corrected chi connectivity index (χ0v) is 15.7. The maximum absolute atomic E-state index is 12.5. The monoisotopic (exact) mass is 344 g/mol. The molecule has 0 aliphatic carbocycles. The Balaban J connectivity index is 1.92. The number of benzene rings is 1. The summed E-state index contributed by atoms with van der Waals surface area (Å²) in [6, 6.07) is 9.32. The summed E-state index contributed by atoms with van der Waals surface area (Å²) < 4.78 is 5.26. The molecule has 0 spiro atoms. The molecule has 6 heteroatoms. The van der Waals surface area contributed by atoms with Crippen LogP contribution in [0.25, 0.3) is 0 Å². The minimum atomic E-state index is -1.44. The first-order valence-electron chi connectivity index (χ1n) is 8.03. The number of hydrogen-bond acceptors (Lipinski definition) is 3. The topological polar surface area (TPSA) is 49.9 Å². The van der Waals surface area contributed by atoms with Crippen molar-refractivity contribution >= 4 is 20.2 Å². The number of ether oxygens (including phenoxy) is 1. The van der Waals surface area contributed by atoms with E-state index < -0.39 is 14.2 Å². The van der Waals surface area contributed by atoms with E-state index in [0.717, 1.165) is 10.5 Å². The van der Waals surface area contributed by atoms with Crippen LogP contribution in [0.1, 0.15) is 12.0 Å². The normalized spacial score (nSPS) is 17.1. The van der Waals surface area contributed by atoms with Gasteiger partial charge in [-0.1, -0.05) is 50.0 Å². The molecule has 2 rings (SSSR count). The van der Waals surface area contributed by atoms with Gasteiger partial charge in [0.05, 0.1) is 6.54 Å². The summed E-state index contributed by atoms with van der Waals surface area (Å²) in [7, 11) is 0.245. The molecule has 5 nitrogen and oxygen atoms in total.